The lowest BCUT2D eigenvalue weighted by Crippen LogP contribution is -2.10. The number of benzene rings is 7. The van der Waals surface area contributed by atoms with Crippen molar-refractivity contribution in [2.75, 3.05) is 10.2 Å². The predicted octanol–water partition coefficient (Wildman–Crippen LogP) is 12.9. The summed E-state index contributed by atoms with van der Waals surface area (Å²) in [5.74, 6) is 0.613. The van der Waals surface area contributed by atoms with Crippen molar-refractivity contribution in [1.82, 2.24) is 0 Å². The van der Waals surface area contributed by atoms with Crippen molar-refractivity contribution in [3.05, 3.63) is 193 Å². The number of nitrogens with one attached hydrogen (secondary N) is 1. The summed E-state index contributed by atoms with van der Waals surface area (Å²) in [4.78, 5) is 2.33. The Hall–Kier alpha value is -5.86. The fourth-order valence-corrected chi connectivity index (χ4v) is 6.34. The molecule has 0 radical (unpaired) electrons. The van der Waals surface area contributed by atoms with Crippen LogP contribution in [-0.2, 0) is 0 Å². The summed E-state index contributed by atoms with van der Waals surface area (Å²) in [5.41, 5.74) is 11.0. The molecule has 2 heteroatoms. The van der Waals surface area contributed by atoms with Gasteiger partial charge in [0.05, 0.1) is 5.69 Å². The first kappa shape index (κ1) is 29.8. The second-order valence-electron chi connectivity index (χ2n) is 11.9. The van der Waals surface area contributed by atoms with Gasteiger partial charge < -0.3 is 10.2 Å². The smallest absolute Gasteiger partial charge is 0.0540 e. The topological polar surface area (TPSA) is 15.3 Å². The summed E-state index contributed by atoms with van der Waals surface area (Å²) in [7, 11) is 0. The van der Waals surface area contributed by atoms with Crippen LogP contribution in [0.5, 0.6) is 0 Å². The highest BCUT2D eigenvalue weighted by Crippen LogP contribution is 2.39. The van der Waals surface area contributed by atoms with E-state index in [0.717, 1.165) is 23.5 Å². The summed E-state index contributed by atoms with van der Waals surface area (Å²) in [6, 6.07) is 61.8. The molecule has 0 amide bonds. The Labute approximate surface area is 278 Å². The Kier molecular flexibility index (Phi) is 8.92. The quantitative estimate of drug-likeness (QED) is 0.203. The van der Waals surface area contributed by atoms with Crippen molar-refractivity contribution in [2.24, 2.45) is 0 Å². The lowest BCUT2D eigenvalue weighted by atomic mass is 9.87. The van der Waals surface area contributed by atoms with Crippen LogP contribution < -0.4 is 10.2 Å². The van der Waals surface area contributed by atoms with Gasteiger partial charge in [-0.15, -0.1) is 0 Å². The average molecular weight is 607 g/mol. The molecular weight excluding hydrogens is 569 g/mol. The van der Waals surface area contributed by atoms with Gasteiger partial charge in [0.15, 0.2) is 0 Å². The molecule has 0 spiro atoms. The van der Waals surface area contributed by atoms with E-state index in [1.165, 1.54) is 44.4 Å². The molecule has 0 heterocycles. The Morgan fingerprint density at radius 1 is 0.532 bits per heavy atom. The van der Waals surface area contributed by atoms with Gasteiger partial charge in [-0.25, -0.2) is 0 Å². The fraction of sp³-hybridized carbons (Fsp3) is 0.0667. The second kappa shape index (κ2) is 14.1. The minimum Gasteiger partial charge on any atom is -0.355 e. The molecule has 0 aromatic heterocycles. The Balaban J connectivity index is 0.000000167. The number of hydrogen-bond acceptors (Lipinski definition) is 2. The largest absolute Gasteiger partial charge is 0.355 e. The van der Waals surface area contributed by atoms with E-state index in [1.807, 2.05) is 6.07 Å². The van der Waals surface area contributed by atoms with Gasteiger partial charge in [0.25, 0.3) is 0 Å². The maximum absolute atomic E-state index is 3.50. The van der Waals surface area contributed by atoms with Crippen molar-refractivity contribution < 1.29 is 0 Å². The van der Waals surface area contributed by atoms with Crippen molar-refractivity contribution in [2.45, 2.75) is 19.3 Å². The molecule has 0 fully saturated rings. The summed E-state index contributed by atoms with van der Waals surface area (Å²) < 4.78 is 0. The Bertz CT molecular complexity index is 2080. The number of nitrogens with zero attached hydrogens (tertiary/aromatic N) is 1. The molecule has 1 N–H and O–H groups in total. The van der Waals surface area contributed by atoms with Crippen LogP contribution in [0.15, 0.2) is 182 Å². The third kappa shape index (κ3) is 6.73. The molecule has 228 valence electrons. The van der Waals surface area contributed by atoms with Crippen LogP contribution in [0.2, 0.25) is 0 Å². The molecular formula is C45H38N2. The van der Waals surface area contributed by atoms with E-state index in [2.05, 4.69) is 199 Å². The normalized spacial score (nSPS) is 13.3. The first-order valence-corrected chi connectivity index (χ1v) is 16.3. The van der Waals surface area contributed by atoms with E-state index in [-0.39, 0.29) is 0 Å². The molecule has 1 unspecified atom stereocenters. The van der Waals surface area contributed by atoms with Crippen molar-refractivity contribution >= 4 is 45.3 Å². The van der Waals surface area contributed by atoms with Crippen LogP contribution in [0.4, 0.5) is 28.4 Å². The molecule has 0 bridgehead atoms. The van der Waals surface area contributed by atoms with Gasteiger partial charge in [-0.2, -0.15) is 0 Å². The maximum Gasteiger partial charge on any atom is 0.0540 e. The summed E-state index contributed by atoms with van der Waals surface area (Å²) in [6.07, 6.45) is 5.64. The highest BCUT2D eigenvalue weighted by Gasteiger charge is 2.16. The molecule has 7 aromatic rings. The molecule has 0 saturated carbocycles. The lowest BCUT2D eigenvalue weighted by Gasteiger charge is -2.27. The molecule has 0 saturated heterocycles. The zero-order valence-corrected chi connectivity index (χ0v) is 26.6. The molecule has 8 rings (SSSR count). The zero-order valence-electron chi connectivity index (χ0n) is 26.6. The monoisotopic (exact) mass is 606 g/mol. The highest BCUT2D eigenvalue weighted by atomic mass is 15.1. The van der Waals surface area contributed by atoms with E-state index in [1.54, 1.807) is 0 Å². The minimum atomic E-state index is 0.613. The maximum atomic E-state index is 3.50. The fourth-order valence-electron chi connectivity index (χ4n) is 6.34. The molecule has 0 aliphatic heterocycles. The molecule has 1 aliphatic carbocycles. The van der Waals surface area contributed by atoms with Gasteiger partial charge in [-0.1, -0.05) is 146 Å². The van der Waals surface area contributed by atoms with E-state index < -0.39 is 0 Å². The van der Waals surface area contributed by atoms with Gasteiger partial charge in [-0.05, 0) is 82.9 Å². The first-order chi connectivity index (χ1) is 23.2. The van der Waals surface area contributed by atoms with Crippen LogP contribution in [-0.4, -0.2) is 0 Å². The lowest BCUT2D eigenvalue weighted by molar-refractivity contribution is 0.772. The minimum absolute atomic E-state index is 0.613. The zero-order chi connectivity index (χ0) is 31.8. The number of anilines is 5. The molecule has 1 aliphatic rings. The summed E-state index contributed by atoms with van der Waals surface area (Å²) in [5, 5.41) is 5.99. The second-order valence-corrected chi connectivity index (χ2v) is 11.9. The van der Waals surface area contributed by atoms with E-state index >= 15 is 0 Å². The number of rotatable bonds is 6. The predicted molar refractivity (Wildman–Crippen MR) is 202 cm³/mol. The average Bonchev–Trinajstić information content (AvgIpc) is 3.14. The van der Waals surface area contributed by atoms with Crippen LogP contribution in [0.25, 0.3) is 28.0 Å². The van der Waals surface area contributed by atoms with Crippen molar-refractivity contribution in [3.8, 4) is 11.1 Å². The van der Waals surface area contributed by atoms with E-state index in [0.29, 0.717) is 5.92 Å². The Morgan fingerprint density at radius 2 is 1.13 bits per heavy atom. The number of fused-ring (bicyclic) bond motifs is 2. The van der Waals surface area contributed by atoms with Crippen LogP contribution in [0.1, 0.15) is 30.4 Å². The number of allylic oxidation sites excluding steroid dienone is 1. The van der Waals surface area contributed by atoms with Gasteiger partial charge >= 0.3 is 0 Å². The standard InChI is InChI=1S/C28H21N.C17H17N/c1-3-10-22(11-4-1)23-18-20-26(21-19-23)29(25-14-5-2-6-15-25)28-17-9-13-24-12-7-8-16-27(24)28;1-13-7-5-11-16-15(13)10-6-12-17(16)18-14-8-3-2-4-9-14/h1-21H;2-6,8-13,18H,7H2,1H3. The van der Waals surface area contributed by atoms with E-state index in [9.17, 15) is 0 Å². The SMILES string of the molecule is CC1CC=Cc2c(Nc3ccccc3)cccc21.c1ccc(-c2ccc(N(c3ccccc3)c3cccc4ccccc34)cc2)cc1. The van der Waals surface area contributed by atoms with Gasteiger partial charge in [0.2, 0.25) is 0 Å². The number of para-hydroxylation sites is 2. The molecule has 2 nitrogen and oxygen atoms in total. The molecule has 47 heavy (non-hydrogen) atoms. The van der Waals surface area contributed by atoms with Crippen molar-refractivity contribution in [3.63, 3.8) is 0 Å². The van der Waals surface area contributed by atoms with Crippen LogP contribution in [0, 0.1) is 0 Å². The Morgan fingerprint density at radius 3 is 1.89 bits per heavy atom. The summed E-state index contributed by atoms with van der Waals surface area (Å²) in [6.45, 7) is 2.29. The van der Waals surface area contributed by atoms with Gasteiger partial charge in [0, 0.05) is 33.7 Å². The third-order valence-electron chi connectivity index (χ3n) is 8.75. The van der Waals surface area contributed by atoms with Crippen LogP contribution >= 0.6 is 0 Å². The molecule has 7 aromatic carbocycles. The summed E-state index contributed by atoms with van der Waals surface area (Å²) >= 11 is 0. The highest BCUT2D eigenvalue weighted by molar-refractivity contribution is 5.99. The van der Waals surface area contributed by atoms with Gasteiger partial charge in [-0.3, -0.25) is 0 Å². The number of hydrogen-bond donors (Lipinski definition) is 1. The van der Waals surface area contributed by atoms with Crippen LogP contribution in [0.3, 0.4) is 0 Å². The van der Waals surface area contributed by atoms with E-state index in [4.69, 9.17) is 0 Å². The third-order valence-corrected chi connectivity index (χ3v) is 8.75. The molecule has 1 atom stereocenters. The van der Waals surface area contributed by atoms with Crippen molar-refractivity contribution in [1.29, 1.82) is 0 Å². The van der Waals surface area contributed by atoms with Gasteiger partial charge in [0.1, 0.15) is 0 Å². The first-order valence-electron chi connectivity index (χ1n) is 16.3.